The second-order valence-electron chi connectivity index (χ2n) is 5.14. The van der Waals surface area contributed by atoms with E-state index in [9.17, 15) is 22.4 Å². The van der Waals surface area contributed by atoms with E-state index >= 15 is 0 Å². The van der Waals surface area contributed by atoms with E-state index in [-0.39, 0.29) is 24.5 Å². The van der Waals surface area contributed by atoms with Gasteiger partial charge < -0.3 is 9.64 Å². The van der Waals surface area contributed by atoms with Gasteiger partial charge in [0.25, 0.3) is 5.91 Å². The van der Waals surface area contributed by atoms with E-state index in [0.717, 1.165) is 0 Å². The lowest BCUT2D eigenvalue weighted by Crippen LogP contribution is -2.29. The summed E-state index contributed by atoms with van der Waals surface area (Å²) < 4.78 is 57.3. The van der Waals surface area contributed by atoms with E-state index in [1.807, 2.05) is 0 Å². The average molecular weight is 341 g/mol. The minimum Gasteiger partial charge on any atom is -0.494 e. The van der Waals surface area contributed by atoms with Gasteiger partial charge in [-0.2, -0.15) is 0 Å². The Labute approximate surface area is 136 Å². The molecule has 2 rings (SSSR count). The Morgan fingerprint density at radius 2 is 1.62 bits per heavy atom. The Morgan fingerprint density at radius 3 is 2.21 bits per heavy atom. The molecule has 0 aromatic heterocycles. The summed E-state index contributed by atoms with van der Waals surface area (Å²) in [4.78, 5) is 13.3. The number of nitrogens with zero attached hydrogens (tertiary/aromatic N) is 1. The molecule has 0 aliphatic carbocycles. The maximum atomic E-state index is 13.2. The van der Waals surface area contributed by atoms with Crippen LogP contribution in [0.25, 0.3) is 0 Å². The van der Waals surface area contributed by atoms with Crippen LogP contribution in [0.5, 0.6) is 5.75 Å². The predicted octanol–water partition coefficient (Wildman–Crippen LogP) is 3.78. The fourth-order valence-corrected chi connectivity index (χ4v) is 2.02. The summed E-state index contributed by atoms with van der Waals surface area (Å²) in [5.41, 5.74) is -0.270. The Morgan fingerprint density at radius 1 is 1.04 bits per heavy atom. The van der Waals surface area contributed by atoms with Gasteiger partial charge in [0.05, 0.1) is 6.61 Å². The summed E-state index contributed by atoms with van der Waals surface area (Å²) in [6.45, 7) is 0.538. The van der Waals surface area contributed by atoms with Crippen molar-refractivity contribution in [1.82, 2.24) is 4.90 Å². The third kappa shape index (κ3) is 4.47. The Kier molecular flexibility index (Phi) is 5.78. The standard InChI is InChI=1S/C17H15F4NO2/c1-22(7-2-8-24-13-5-3-12(18)4-6-13)17(23)11-9-14(19)16(21)15(20)10-11/h3-6,9-10H,2,7-8H2,1H3. The van der Waals surface area contributed by atoms with Crippen molar-refractivity contribution >= 4 is 5.91 Å². The lowest BCUT2D eigenvalue weighted by atomic mass is 10.2. The van der Waals surface area contributed by atoms with Crippen molar-refractivity contribution in [3.63, 3.8) is 0 Å². The van der Waals surface area contributed by atoms with Crippen molar-refractivity contribution in [2.45, 2.75) is 6.42 Å². The summed E-state index contributed by atoms with van der Waals surface area (Å²) in [5.74, 6) is -4.94. The largest absolute Gasteiger partial charge is 0.494 e. The van der Waals surface area contributed by atoms with Crippen LogP contribution >= 0.6 is 0 Å². The molecule has 0 unspecified atom stereocenters. The molecule has 2 aromatic carbocycles. The molecular formula is C17H15F4NO2. The van der Waals surface area contributed by atoms with Crippen molar-refractivity contribution in [2.75, 3.05) is 20.2 Å². The van der Waals surface area contributed by atoms with Crippen LogP contribution in [0.1, 0.15) is 16.8 Å². The summed E-state index contributed by atoms with van der Waals surface area (Å²) in [5, 5.41) is 0. The van der Waals surface area contributed by atoms with Crippen LogP contribution in [0.3, 0.4) is 0 Å². The van der Waals surface area contributed by atoms with Gasteiger partial charge in [-0.15, -0.1) is 0 Å². The van der Waals surface area contributed by atoms with Crippen LogP contribution in [0, 0.1) is 23.3 Å². The van der Waals surface area contributed by atoms with E-state index < -0.39 is 23.4 Å². The monoisotopic (exact) mass is 341 g/mol. The summed E-state index contributed by atoms with van der Waals surface area (Å²) in [6, 6.07) is 6.81. The first-order valence-electron chi connectivity index (χ1n) is 7.17. The van der Waals surface area contributed by atoms with E-state index in [1.165, 1.54) is 36.2 Å². The predicted molar refractivity (Wildman–Crippen MR) is 79.8 cm³/mol. The van der Waals surface area contributed by atoms with E-state index in [4.69, 9.17) is 4.74 Å². The third-order valence-corrected chi connectivity index (χ3v) is 3.30. The lowest BCUT2D eigenvalue weighted by Gasteiger charge is -2.17. The van der Waals surface area contributed by atoms with Crippen molar-refractivity contribution in [3.8, 4) is 5.75 Å². The molecule has 3 nitrogen and oxygen atoms in total. The smallest absolute Gasteiger partial charge is 0.253 e. The van der Waals surface area contributed by atoms with Crippen LogP contribution in [-0.4, -0.2) is 31.0 Å². The number of hydrogen-bond donors (Lipinski definition) is 0. The van der Waals surface area contributed by atoms with Gasteiger partial charge in [0.15, 0.2) is 17.5 Å². The average Bonchev–Trinajstić information content (AvgIpc) is 2.56. The Balaban J connectivity index is 1.84. The minimum atomic E-state index is -1.61. The number of carbonyl (C=O) groups is 1. The highest BCUT2D eigenvalue weighted by atomic mass is 19.2. The van der Waals surface area contributed by atoms with E-state index in [1.54, 1.807) is 0 Å². The first kappa shape index (κ1) is 17.8. The zero-order chi connectivity index (χ0) is 17.7. The van der Waals surface area contributed by atoms with Crippen molar-refractivity contribution in [1.29, 1.82) is 0 Å². The molecule has 24 heavy (non-hydrogen) atoms. The molecule has 7 heteroatoms. The molecule has 2 aromatic rings. The molecule has 0 radical (unpaired) electrons. The number of amides is 1. The molecule has 0 bridgehead atoms. The van der Waals surface area contributed by atoms with Gasteiger partial charge in [0.2, 0.25) is 0 Å². The van der Waals surface area contributed by atoms with Crippen LogP contribution in [-0.2, 0) is 0 Å². The molecule has 0 fully saturated rings. The Hall–Kier alpha value is -2.57. The number of benzene rings is 2. The highest BCUT2D eigenvalue weighted by Crippen LogP contribution is 2.15. The molecule has 0 atom stereocenters. The number of rotatable bonds is 6. The van der Waals surface area contributed by atoms with E-state index in [0.29, 0.717) is 24.3 Å². The quantitative estimate of drug-likeness (QED) is 0.455. The van der Waals surface area contributed by atoms with Crippen LogP contribution in [0.15, 0.2) is 36.4 Å². The third-order valence-electron chi connectivity index (χ3n) is 3.30. The fourth-order valence-electron chi connectivity index (χ4n) is 2.02. The summed E-state index contributed by atoms with van der Waals surface area (Å²) >= 11 is 0. The molecule has 0 N–H and O–H groups in total. The van der Waals surface area contributed by atoms with E-state index in [2.05, 4.69) is 0 Å². The fraction of sp³-hybridized carbons (Fsp3) is 0.235. The first-order valence-corrected chi connectivity index (χ1v) is 7.17. The second kappa shape index (κ2) is 7.81. The molecule has 128 valence electrons. The van der Waals surface area contributed by atoms with Gasteiger partial charge >= 0.3 is 0 Å². The number of ether oxygens (including phenoxy) is 1. The first-order chi connectivity index (χ1) is 11.4. The minimum absolute atomic E-state index is 0.265. The summed E-state index contributed by atoms with van der Waals surface area (Å²) in [6.07, 6.45) is 0.450. The SMILES string of the molecule is CN(CCCOc1ccc(F)cc1)C(=O)c1cc(F)c(F)c(F)c1. The number of hydrogen-bond acceptors (Lipinski definition) is 2. The van der Waals surface area contributed by atoms with Crippen LogP contribution in [0.4, 0.5) is 17.6 Å². The molecule has 0 spiro atoms. The number of halogens is 4. The van der Waals surface area contributed by atoms with Gasteiger partial charge in [-0.3, -0.25) is 4.79 Å². The van der Waals surface area contributed by atoms with Crippen molar-refractivity contribution in [3.05, 3.63) is 65.2 Å². The van der Waals surface area contributed by atoms with Crippen molar-refractivity contribution in [2.24, 2.45) is 0 Å². The number of carbonyl (C=O) groups excluding carboxylic acids is 1. The Bertz CT molecular complexity index is 696. The van der Waals surface area contributed by atoms with Gasteiger partial charge in [0, 0.05) is 19.2 Å². The lowest BCUT2D eigenvalue weighted by molar-refractivity contribution is 0.0786. The van der Waals surface area contributed by atoms with Crippen LogP contribution < -0.4 is 4.74 Å². The van der Waals surface area contributed by atoms with Gasteiger partial charge in [-0.25, -0.2) is 17.6 Å². The molecule has 0 heterocycles. The van der Waals surface area contributed by atoms with Gasteiger partial charge in [-0.05, 0) is 42.8 Å². The maximum Gasteiger partial charge on any atom is 0.253 e. The normalized spacial score (nSPS) is 10.5. The maximum absolute atomic E-state index is 13.2. The van der Waals surface area contributed by atoms with Crippen molar-refractivity contribution < 1.29 is 27.1 Å². The zero-order valence-electron chi connectivity index (χ0n) is 12.9. The highest BCUT2D eigenvalue weighted by molar-refractivity contribution is 5.94. The highest BCUT2D eigenvalue weighted by Gasteiger charge is 2.17. The second-order valence-corrected chi connectivity index (χ2v) is 5.14. The van der Waals surface area contributed by atoms with Gasteiger partial charge in [0.1, 0.15) is 11.6 Å². The molecule has 1 amide bonds. The topological polar surface area (TPSA) is 29.5 Å². The van der Waals surface area contributed by atoms with Crippen LogP contribution in [0.2, 0.25) is 0 Å². The molecular weight excluding hydrogens is 326 g/mol. The van der Waals surface area contributed by atoms with Gasteiger partial charge in [-0.1, -0.05) is 0 Å². The molecule has 0 aliphatic rings. The molecule has 0 saturated carbocycles. The zero-order valence-corrected chi connectivity index (χ0v) is 12.9. The molecule has 0 saturated heterocycles. The summed E-state index contributed by atoms with van der Waals surface area (Å²) in [7, 11) is 1.46. The molecule has 0 aliphatic heterocycles.